The molecule has 4 atom stereocenters. The predicted octanol–water partition coefficient (Wildman–Crippen LogP) is 4.99. The highest BCUT2D eigenvalue weighted by molar-refractivity contribution is 7.91. The van der Waals surface area contributed by atoms with E-state index in [1.165, 1.54) is 0 Å². The van der Waals surface area contributed by atoms with Gasteiger partial charge in [-0.05, 0) is 71.7 Å². The lowest BCUT2D eigenvalue weighted by Crippen LogP contribution is -2.18. The maximum absolute atomic E-state index is 13.4. The molecule has 0 bridgehead atoms. The van der Waals surface area contributed by atoms with Crippen LogP contribution in [0.4, 0.5) is 0 Å². The first-order chi connectivity index (χ1) is 15.4. The molecule has 3 aliphatic rings. The van der Waals surface area contributed by atoms with E-state index in [9.17, 15) is 13.2 Å². The second kappa shape index (κ2) is 6.69. The zero-order valence-corrected chi connectivity index (χ0v) is 18.3. The zero-order chi connectivity index (χ0) is 22.2. The molecular formula is C26H22O5S. The molecule has 2 aliphatic carbocycles. The van der Waals surface area contributed by atoms with Crippen molar-refractivity contribution in [3.8, 4) is 5.75 Å². The highest BCUT2D eigenvalue weighted by Crippen LogP contribution is 2.54. The number of rotatable bonds is 4. The minimum atomic E-state index is -3.57. The zero-order valence-electron chi connectivity index (χ0n) is 17.5. The number of aliphatic carboxylic acids is 1. The van der Waals surface area contributed by atoms with Crippen LogP contribution >= 0.6 is 0 Å². The highest BCUT2D eigenvalue weighted by Gasteiger charge is 2.45. The Kier molecular flexibility index (Phi) is 4.09. The van der Waals surface area contributed by atoms with E-state index in [0.717, 1.165) is 27.8 Å². The molecule has 1 N–H and O–H groups in total. The summed E-state index contributed by atoms with van der Waals surface area (Å²) in [6.07, 6.45) is 1.13. The van der Waals surface area contributed by atoms with Crippen LogP contribution in [0.25, 0.3) is 0 Å². The maximum Gasteiger partial charge on any atom is 0.307 e. The lowest BCUT2D eigenvalue weighted by atomic mass is 9.91. The molecule has 0 radical (unpaired) electrons. The summed E-state index contributed by atoms with van der Waals surface area (Å²) in [5.41, 5.74) is 4.46. The molecule has 3 aromatic rings. The number of ether oxygens (including phenoxy) is 1. The highest BCUT2D eigenvalue weighted by atomic mass is 32.2. The Balaban J connectivity index is 1.34. The number of carbonyl (C=O) groups is 1. The van der Waals surface area contributed by atoms with Crippen molar-refractivity contribution >= 4 is 15.8 Å². The standard InChI is InChI=1S/C26H22O5S/c1-14-4-2-5-17-20-13-22(18-6-3-7-23(24(18)20)32(29,30)25(14)17)31-16-10-8-15(9-11-16)19-12-21(19)26(27)28/h2-11,19-22H,12-13H2,1H3,(H,27,28)/t19-,20?,21+,22-/m1/s1. The third kappa shape index (κ3) is 2.75. The summed E-state index contributed by atoms with van der Waals surface area (Å²) in [5, 5.41) is 9.15. The Hall–Kier alpha value is -3.12. The van der Waals surface area contributed by atoms with Gasteiger partial charge in [0.15, 0.2) is 0 Å². The number of carboxylic acid groups (broad SMARTS) is 1. The van der Waals surface area contributed by atoms with Crippen LogP contribution in [-0.2, 0) is 14.6 Å². The molecule has 1 fully saturated rings. The minimum absolute atomic E-state index is 0.00770. The van der Waals surface area contributed by atoms with Crippen LogP contribution in [0.15, 0.2) is 70.5 Å². The van der Waals surface area contributed by atoms with Gasteiger partial charge >= 0.3 is 5.97 Å². The van der Waals surface area contributed by atoms with Crippen LogP contribution in [0.1, 0.15) is 58.6 Å². The van der Waals surface area contributed by atoms with E-state index in [0.29, 0.717) is 28.4 Å². The molecule has 1 aliphatic heterocycles. The van der Waals surface area contributed by atoms with Gasteiger partial charge in [0.05, 0.1) is 15.7 Å². The van der Waals surface area contributed by atoms with Crippen molar-refractivity contribution in [2.75, 3.05) is 0 Å². The van der Waals surface area contributed by atoms with Gasteiger partial charge in [-0.1, -0.05) is 42.5 Å². The fourth-order valence-corrected chi connectivity index (χ4v) is 7.56. The van der Waals surface area contributed by atoms with Crippen LogP contribution in [0.5, 0.6) is 5.75 Å². The van der Waals surface area contributed by atoms with E-state index < -0.39 is 15.8 Å². The summed E-state index contributed by atoms with van der Waals surface area (Å²) in [4.78, 5) is 12.0. The van der Waals surface area contributed by atoms with E-state index in [2.05, 4.69) is 0 Å². The van der Waals surface area contributed by atoms with Crippen LogP contribution < -0.4 is 4.74 Å². The molecule has 5 nitrogen and oxygen atoms in total. The van der Waals surface area contributed by atoms with E-state index in [1.807, 2.05) is 55.5 Å². The Morgan fingerprint density at radius 3 is 2.41 bits per heavy atom. The third-order valence-electron chi connectivity index (χ3n) is 7.12. The van der Waals surface area contributed by atoms with Crippen LogP contribution in [0.2, 0.25) is 0 Å². The molecule has 3 aromatic carbocycles. The quantitative estimate of drug-likeness (QED) is 0.611. The van der Waals surface area contributed by atoms with Crippen molar-refractivity contribution in [2.24, 2.45) is 5.92 Å². The number of fused-ring (bicyclic) bond motifs is 2. The van der Waals surface area contributed by atoms with Crippen LogP contribution in [0.3, 0.4) is 0 Å². The van der Waals surface area contributed by atoms with Crippen molar-refractivity contribution in [3.63, 3.8) is 0 Å². The maximum atomic E-state index is 13.4. The van der Waals surface area contributed by atoms with Crippen LogP contribution in [0, 0.1) is 12.8 Å². The van der Waals surface area contributed by atoms with Gasteiger partial charge in [0.1, 0.15) is 11.9 Å². The molecule has 0 spiro atoms. The minimum Gasteiger partial charge on any atom is -0.486 e. The smallest absolute Gasteiger partial charge is 0.307 e. The molecule has 162 valence electrons. The lowest BCUT2D eigenvalue weighted by Gasteiger charge is -2.26. The molecule has 1 saturated carbocycles. The van der Waals surface area contributed by atoms with Crippen LogP contribution in [-0.4, -0.2) is 19.5 Å². The Morgan fingerprint density at radius 1 is 0.969 bits per heavy atom. The number of aryl methyl sites for hydroxylation is 1. The second-order valence-corrected chi connectivity index (χ2v) is 10.9. The number of hydrogen-bond acceptors (Lipinski definition) is 4. The Bertz CT molecular complexity index is 1370. The summed E-state index contributed by atoms with van der Waals surface area (Å²) in [6, 6.07) is 18.8. The van der Waals surface area contributed by atoms with Gasteiger partial charge in [0.25, 0.3) is 0 Å². The Morgan fingerprint density at radius 2 is 1.69 bits per heavy atom. The van der Waals surface area contributed by atoms with Crippen molar-refractivity contribution in [1.29, 1.82) is 0 Å². The van der Waals surface area contributed by atoms with Gasteiger partial charge < -0.3 is 9.84 Å². The molecule has 1 unspecified atom stereocenters. The van der Waals surface area contributed by atoms with Gasteiger partial charge in [-0.2, -0.15) is 0 Å². The molecule has 6 rings (SSSR count). The number of carboxylic acids is 1. The normalized spacial score (nSPS) is 26.2. The fraction of sp³-hybridized carbons (Fsp3) is 0.269. The fourth-order valence-electron chi connectivity index (χ4n) is 5.52. The lowest BCUT2D eigenvalue weighted by molar-refractivity contribution is -0.138. The average molecular weight is 447 g/mol. The molecule has 0 aromatic heterocycles. The van der Waals surface area contributed by atoms with E-state index in [1.54, 1.807) is 12.1 Å². The van der Waals surface area contributed by atoms with Gasteiger partial charge in [-0.3, -0.25) is 4.79 Å². The van der Waals surface area contributed by atoms with Gasteiger partial charge in [-0.15, -0.1) is 0 Å². The molecule has 0 amide bonds. The topological polar surface area (TPSA) is 80.7 Å². The first kappa shape index (κ1) is 19.6. The summed E-state index contributed by atoms with van der Waals surface area (Å²) in [6.45, 7) is 1.85. The number of hydrogen-bond donors (Lipinski definition) is 1. The van der Waals surface area contributed by atoms with Gasteiger partial charge in [0, 0.05) is 5.92 Å². The van der Waals surface area contributed by atoms with Crippen molar-refractivity contribution in [2.45, 2.75) is 47.5 Å². The van der Waals surface area contributed by atoms with Crippen molar-refractivity contribution < 1.29 is 23.1 Å². The third-order valence-corrected chi connectivity index (χ3v) is 9.15. The average Bonchev–Trinajstić information content (AvgIpc) is 3.50. The molecule has 1 heterocycles. The summed E-state index contributed by atoms with van der Waals surface area (Å²) >= 11 is 0. The van der Waals surface area contributed by atoms with E-state index >= 15 is 0 Å². The number of sulfone groups is 1. The molecule has 0 saturated heterocycles. The monoisotopic (exact) mass is 446 g/mol. The molecule has 32 heavy (non-hydrogen) atoms. The first-order valence-electron chi connectivity index (χ1n) is 10.8. The number of benzene rings is 3. The summed E-state index contributed by atoms with van der Waals surface area (Å²) in [5.74, 6) is -0.244. The molecular weight excluding hydrogens is 424 g/mol. The van der Waals surface area contributed by atoms with E-state index in [4.69, 9.17) is 9.84 Å². The van der Waals surface area contributed by atoms with Gasteiger partial charge in [0.2, 0.25) is 9.84 Å². The largest absolute Gasteiger partial charge is 0.486 e. The summed E-state index contributed by atoms with van der Waals surface area (Å²) < 4.78 is 33.2. The van der Waals surface area contributed by atoms with Crippen molar-refractivity contribution in [3.05, 3.63) is 88.5 Å². The van der Waals surface area contributed by atoms with Gasteiger partial charge in [-0.25, -0.2) is 8.42 Å². The SMILES string of the molecule is Cc1cccc2c1S(=O)(=O)c1cccc3c1C2C[C@H]3Oc1ccc([C@H]2C[C@@H]2C(=O)O)cc1. The first-order valence-corrected chi connectivity index (χ1v) is 12.3. The summed E-state index contributed by atoms with van der Waals surface area (Å²) in [7, 11) is -3.57. The van der Waals surface area contributed by atoms with Crippen molar-refractivity contribution in [1.82, 2.24) is 0 Å². The predicted molar refractivity (Wildman–Crippen MR) is 118 cm³/mol. The molecule has 6 heteroatoms. The second-order valence-electron chi connectivity index (χ2n) is 9.01. The van der Waals surface area contributed by atoms with E-state index in [-0.39, 0.29) is 23.9 Å². The Labute approximate surface area is 186 Å².